The quantitative estimate of drug-likeness (QED) is 0.789. The van der Waals surface area contributed by atoms with Crippen LogP contribution in [0.3, 0.4) is 0 Å². The first-order valence-electron chi connectivity index (χ1n) is 5.11. The molecule has 0 bridgehead atoms. The summed E-state index contributed by atoms with van der Waals surface area (Å²) >= 11 is 0. The number of nitrogens with two attached hydrogens (primary N) is 1. The summed E-state index contributed by atoms with van der Waals surface area (Å²) < 4.78 is 5.15. The third kappa shape index (κ3) is 4.16. The first-order chi connectivity index (χ1) is 7.09. The number of rotatable bonds is 5. The molecule has 0 saturated carbocycles. The number of amides is 1. The van der Waals surface area contributed by atoms with Crippen LogP contribution >= 0.6 is 0 Å². The Kier molecular flexibility index (Phi) is 4.37. The lowest BCUT2D eigenvalue weighted by atomic mass is 10.2. The smallest absolute Gasteiger partial charge is 0.222 e. The maximum Gasteiger partial charge on any atom is 0.222 e. The van der Waals surface area contributed by atoms with Crippen molar-refractivity contribution in [2.45, 2.75) is 25.8 Å². The van der Waals surface area contributed by atoms with Crippen molar-refractivity contribution in [2.24, 2.45) is 5.73 Å². The van der Waals surface area contributed by atoms with E-state index < -0.39 is 0 Å². The molecule has 15 heavy (non-hydrogen) atoms. The summed E-state index contributed by atoms with van der Waals surface area (Å²) in [6.45, 7) is 2.48. The number of furan rings is 1. The lowest BCUT2D eigenvalue weighted by Gasteiger charge is -2.18. The zero-order valence-electron chi connectivity index (χ0n) is 9.27. The Morgan fingerprint density at radius 3 is 2.93 bits per heavy atom. The highest BCUT2D eigenvalue weighted by atomic mass is 16.3. The average molecular weight is 210 g/mol. The van der Waals surface area contributed by atoms with Crippen LogP contribution in [0.2, 0.25) is 0 Å². The Balaban J connectivity index is 2.29. The van der Waals surface area contributed by atoms with Gasteiger partial charge in [0, 0.05) is 32.5 Å². The van der Waals surface area contributed by atoms with Gasteiger partial charge in [-0.25, -0.2) is 0 Å². The van der Waals surface area contributed by atoms with E-state index in [4.69, 9.17) is 10.2 Å². The number of hydrogen-bond donors (Lipinski definition) is 1. The average Bonchev–Trinajstić information content (AvgIpc) is 2.65. The van der Waals surface area contributed by atoms with E-state index in [2.05, 4.69) is 0 Å². The van der Waals surface area contributed by atoms with Crippen molar-refractivity contribution in [1.29, 1.82) is 0 Å². The van der Waals surface area contributed by atoms with Gasteiger partial charge < -0.3 is 15.1 Å². The molecule has 0 aliphatic rings. The molecule has 1 unspecified atom stereocenters. The summed E-state index contributed by atoms with van der Waals surface area (Å²) in [6, 6.07) is 3.71. The molecule has 1 heterocycles. The van der Waals surface area contributed by atoms with Gasteiger partial charge in [-0.3, -0.25) is 4.79 Å². The Labute approximate surface area is 90.0 Å². The van der Waals surface area contributed by atoms with Crippen LogP contribution in [0.5, 0.6) is 0 Å². The van der Waals surface area contributed by atoms with Crippen LogP contribution in [-0.2, 0) is 11.2 Å². The molecule has 4 heteroatoms. The van der Waals surface area contributed by atoms with E-state index in [1.54, 1.807) is 18.2 Å². The fraction of sp³-hybridized carbons (Fsp3) is 0.545. The van der Waals surface area contributed by atoms with Gasteiger partial charge in [0.15, 0.2) is 0 Å². The van der Waals surface area contributed by atoms with E-state index in [1.165, 1.54) is 0 Å². The van der Waals surface area contributed by atoms with Crippen LogP contribution in [0, 0.1) is 0 Å². The lowest BCUT2D eigenvalue weighted by molar-refractivity contribution is -0.130. The van der Waals surface area contributed by atoms with E-state index in [9.17, 15) is 4.79 Å². The van der Waals surface area contributed by atoms with Gasteiger partial charge in [0.2, 0.25) is 5.91 Å². The second-order valence-electron chi connectivity index (χ2n) is 3.83. The predicted molar refractivity (Wildman–Crippen MR) is 58.3 cm³/mol. The molecule has 0 aliphatic carbocycles. The summed E-state index contributed by atoms with van der Waals surface area (Å²) in [5.74, 6) is 0.946. The van der Waals surface area contributed by atoms with Gasteiger partial charge in [-0.1, -0.05) is 0 Å². The van der Waals surface area contributed by atoms with E-state index in [-0.39, 0.29) is 11.9 Å². The van der Waals surface area contributed by atoms with Crippen LogP contribution < -0.4 is 5.73 Å². The maximum absolute atomic E-state index is 11.6. The standard InChI is InChI=1S/C11H18N2O2/c1-9(12)8-13(2)11(14)6-5-10-4-3-7-15-10/h3-4,7,9H,5-6,8,12H2,1-2H3. The van der Waals surface area contributed by atoms with E-state index in [1.807, 2.05) is 19.1 Å². The van der Waals surface area contributed by atoms with Crippen molar-refractivity contribution in [3.63, 3.8) is 0 Å². The second kappa shape index (κ2) is 5.56. The summed E-state index contributed by atoms with van der Waals surface area (Å²) in [6.07, 6.45) is 2.73. The maximum atomic E-state index is 11.6. The number of aryl methyl sites for hydroxylation is 1. The number of carbonyl (C=O) groups is 1. The van der Waals surface area contributed by atoms with Gasteiger partial charge in [0.25, 0.3) is 0 Å². The molecule has 0 aromatic carbocycles. The number of hydrogen-bond acceptors (Lipinski definition) is 3. The van der Waals surface area contributed by atoms with Gasteiger partial charge in [-0.2, -0.15) is 0 Å². The van der Waals surface area contributed by atoms with Crippen molar-refractivity contribution in [3.05, 3.63) is 24.2 Å². The molecule has 84 valence electrons. The van der Waals surface area contributed by atoms with Crippen molar-refractivity contribution in [3.8, 4) is 0 Å². The highest BCUT2D eigenvalue weighted by Crippen LogP contribution is 2.05. The molecular weight excluding hydrogens is 192 g/mol. The van der Waals surface area contributed by atoms with Crippen molar-refractivity contribution in [1.82, 2.24) is 4.90 Å². The fourth-order valence-corrected chi connectivity index (χ4v) is 1.41. The fourth-order valence-electron chi connectivity index (χ4n) is 1.41. The largest absolute Gasteiger partial charge is 0.469 e. The van der Waals surface area contributed by atoms with E-state index in [0.29, 0.717) is 19.4 Å². The Morgan fingerprint density at radius 2 is 2.40 bits per heavy atom. The zero-order valence-corrected chi connectivity index (χ0v) is 9.27. The summed E-state index contributed by atoms with van der Waals surface area (Å²) in [4.78, 5) is 13.3. The third-order valence-electron chi connectivity index (χ3n) is 2.15. The van der Waals surface area contributed by atoms with E-state index >= 15 is 0 Å². The first kappa shape index (κ1) is 11.8. The molecule has 0 aliphatic heterocycles. The van der Waals surface area contributed by atoms with Crippen LogP contribution in [-0.4, -0.2) is 30.4 Å². The molecule has 4 nitrogen and oxygen atoms in total. The second-order valence-corrected chi connectivity index (χ2v) is 3.83. The number of nitrogens with zero attached hydrogens (tertiary/aromatic N) is 1. The van der Waals surface area contributed by atoms with Gasteiger partial charge in [0.05, 0.1) is 6.26 Å². The molecule has 0 radical (unpaired) electrons. The Morgan fingerprint density at radius 1 is 1.67 bits per heavy atom. The van der Waals surface area contributed by atoms with Crippen LogP contribution in [0.15, 0.2) is 22.8 Å². The molecule has 2 N–H and O–H groups in total. The molecular formula is C11H18N2O2. The molecule has 0 saturated heterocycles. The van der Waals surface area contributed by atoms with Crippen molar-refractivity contribution in [2.75, 3.05) is 13.6 Å². The molecule has 0 spiro atoms. The summed E-state index contributed by atoms with van der Waals surface area (Å²) in [7, 11) is 1.77. The normalized spacial score (nSPS) is 12.5. The van der Waals surface area contributed by atoms with Gasteiger partial charge in [-0.05, 0) is 19.1 Å². The van der Waals surface area contributed by atoms with Gasteiger partial charge in [-0.15, -0.1) is 0 Å². The molecule has 1 aromatic heterocycles. The van der Waals surface area contributed by atoms with E-state index in [0.717, 1.165) is 5.76 Å². The summed E-state index contributed by atoms with van der Waals surface area (Å²) in [5, 5.41) is 0. The molecule has 1 amide bonds. The topological polar surface area (TPSA) is 59.5 Å². The monoisotopic (exact) mass is 210 g/mol. The van der Waals surface area contributed by atoms with Crippen LogP contribution in [0.4, 0.5) is 0 Å². The Bertz CT molecular complexity index is 294. The molecule has 1 atom stereocenters. The van der Waals surface area contributed by atoms with Crippen LogP contribution in [0.1, 0.15) is 19.1 Å². The molecule has 0 fully saturated rings. The van der Waals surface area contributed by atoms with Crippen molar-refractivity contribution < 1.29 is 9.21 Å². The molecule has 1 rings (SSSR count). The van der Waals surface area contributed by atoms with Gasteiger partial charge >= 0.3 is 0 Å². The van der Waals surface area contributed by atoms with Gasteiger partial charge in [0.1, 0.15) is 5.76 Å². The SMILES string of the molecule is CC(N)CN(C)C(=O)CCc1ccco1. The highest BCUT2D eigenvalue weighted by Gasteiger charge is 2.10. The summed E-state index contributed by atoms with van der Waals surface area (Å²) in [5.41, 5.74) is 5.61. The minimum Gasteiger partial charge on any atom is -0.469 e. The lowest BCUT2D eigenvalue weighted by Crippen LogP contribution is -2.37. The minimum absolute atomic E-state index is 0.0163. The zero-order chi connectivity index (χ0) is 11.3. The Hall–Kier alpha value is -1.29. The highest BCUT2D eigenvalue weighted by molar-refractivity contribution is 5.76. The first-order valence-corrected chi connectivity index (χ1v) is 5.11. The number of carbonyl (C=O) groups excluding carboxylic acids is 1. The molecule has 1 aromatic rings. The van der Waals surface area contributed by atoms with Crippen LogP contribution in [0.25, 0.3) is 0 Å². The van der Waals surface area contributed by atoms with Crippen molar-refractivity contribution >= 4 is 5.91 Å². The third-order valence-corrected chi connectivity index (χ3v) is 2.15. The number of likely N-dealkylation sites (N-methyl/N-ethyl adjacent to an activating group) is 1. The minimum atomic E-state index is 0.0163. The predicted octanol–water partition coefficient (Wildman–Crippen LogP) is 1.02.